The Bertz CT molecular complexity index is 524. The SMILES string of the molecule is Cc1cc(C(O)Cc2ccc(Cl)s2)ccc1Br. The van der Waals surface area contributed by atoms with Gasteiger partial charge >= 0.3 is 0 Å². The molecule has 2 aromatic rings. The van der Waals surface area contributed by atoms with Gasteiger partial charge in [0, 0.05) is 15.8 Å². The number of rotatable bonds is 3. The lowest BCUT2D eigenvalue weighted by Crippen LogP contribution is -2.00. The fourth-order valence-corrected chi connectivity index (χ4v) is 3.02. The van der Waals surface area contributed by atoms with Gasteiger partial charge < -0.3 is 5.11 Å². The third kappa shape index (κ3) is 3.32. The molecule has 1 atom stereocenters. The fraction of sp³-hybridized carbons (Fsp3) is 0.231. The highest BCUT2D eigenvalue weighted by atomic mass is 79.9. The van der Waals surface area contributed by atoms with Gasteiger partial charge in [-0.2, -0.15) is 0 Å². The molecule has 0 aliphatic heterocycles. The number of halogens is 2. The molecular formula is C13H12BrClOS. The summed E-state index contributed by atoms with van der Waals surface area (Å²) in [6.45, 7) is 2.02. The van der Waals surface area contributed by atoms with Crippen molar-refractivity contribution in [2.75, 3.05) is 0 Å². The zero-order valence-electron chi connectivity index (χ0n) is 9.28. The van der Waals surface area contributed by atoms with Crippen LogP contribution >= 0.6 is 38.9 Å². The molecule has 0 saturated heterocycles. The summed E-state index contributed by atoms with van der Waals surface area (Å²) >= 11 is 10.8. The predicted octanol–water partition coefficient (Wildman–Crippen LogP) is 4.75. The zero-order chi connectivity index (χ0) is 12.4. The molecule has 0 amide bonds. The van der Waals surface area contributed by atoms with Crippen molar-refractivity contribution in [1.29, 1.82) is 0 Å². The third-order valence-electron chi connectivity index (χ3n) is 2.59. The number of thiophene rings is 1. The molecule has 1 aromatic heterocycles. The van der Waals surface area contributed by atoms with Gasteiger partial charge in [0.2, 0.25) is 0 Å². The van der Waals surface area contributed by atoms with Gasteiger partial charge in [0.1, 0.15) is 0 Å². The summed E-state index contributed by atoms with van der Waals surface area (Å²) < 4.78 is 1.83. The average Bonchev–Trinajstić information content (AvgIpc) is 2.68. The van der Waals surface area contributed by atoms with Crippen LogP contribution in [0, 0.1) is 6.92 Å². The van der Waals surface area contributed by atoms with E-state index in [4.69, 9.17) is 11.6 Å². The van der Waals surface area contributed by atoms with Crippen molar-refractivity contribution in [3.8, 4) is 0 Å². The quantitative estimate of drug-likeness (QED) is 0.860. The van der Waals surface area contributed by atoms with Crippen molar-refractivity contribution < 1.29 is 5.11 Å². The first-order valence-electron chi connectivity index (χ1n) is 5.24. The van der Waals surface area contributed by atoms with E-state index in [0.717, 1.165) is 24.8 Å². The molecule has 1 heterocycles. The van der Waals surface area contributed by atoms with E-state index in [0.29, 0.717) is 6.42 Å². The van der Waals surface area contributed by atoms with E-state index in [1.165, 1.54) is 11.3 Å². The highest BCUT2D eigenvalue weighted by Gasteiger charge is 2.11. The zero-order valence-corrected chi connectivity index (χ0v) is 12.4. The summed E-state index contributed by atoms with van der Waals surface area (Å²) in [4.78, 5) is 1.10. The lowest BCUT2D eigenvalue weighted by molar-refractivity contribution is 0.179. The Labute approximate surface area is 118 Å². The minimum atomic E-state index is -0.475. The standard InChI is InChI=1S/C13H12BrClOS/c1-8-6-9(2-4-11(8)14)12(16)7-10-3-5-13(15)17-10/h2-6,12,16H,7H2,1H3. The summed E-state index contributed by atoms with van der Waals surface area (Å²) in [7, 11) is 0. The van der Waals surface area contributed by atoms with E-state index >= 15 is 0 Å². The van der Waals surface area contributed by atoms with Gasteiger partial charge in [-0.3, -0.25) is 0 Å². The molecule has 1 unspecified atom stereocenters. The first-order valence-corrected chi connectivity index (χ1v) is 7.23. The Morgan fingerprint density at radius 1 is 1.35 bits per heavy atom. The van der Waals surface area contributed by atoms with E-state index in [1.54, 1.807) is 0 Å². The third-order valence-corrected chi connectivity index (χ3v) is 4.73. The second-order valence-corrected chi connectivity index (χ2v) is 6.59. The van der Waals surface area contributed by atoms with E-state index in [-0.39, 0.29) is 0 Å². The molecule has 0 saturated carbocycles. The minimum Gasteiger partial charge on any atom is -0.388 e. The Morgan fingerprint density at radius 3 is 2.71 bits per heavy atom. The molecule has 90 valence electrons. The highest BCUT2D eigenvalue weighted by molar-refractivity contribution is 9.10. The van der Waals surface area contributed by atoms with Crippen LogP contribution in [-0.2, 0) is 6.42 Å². The van der Waals surface area contributed by atoms with Crippen molar-refractivity contribution >= 4 is 38.9 Å². The van der Waals surface area contributed by atoms with E-state index in [1.807, 2.05) is 37.3 Å². The van der Waals surface area contributed by atoms with E-state index in [2.05, 4.69) is 15.9 Å². The van der Waals surface area contributed by atoms with Crippen LogP contribution in [0.1, 0.15) is 22.1 Å². The summed E-state index contributed by atoms with van der Waals surface area (Å²) in [6, 6.07) is 9.74. The van der Waals surface area contributed by atoms with Crippen LogP contribution in [0.4, 0.5) is 0 Å². The van der Waals surface area contributed by atoms with Crippen LogP contribution in [0.5, 0.6) is 0 Å². The number of hydrogen-bond donors (Lipinski definition) is 1. The second-order valence-electron chi connectivity index (χ2n) is 3.93. The number of benzene rings is 1. The molecule has 0 spiro atoms. The van der Waals surface area contributed by atoms with Crippen LogP contribution in [-0.4, -0.2) is 5.11 Å². The second kappa shape index (κ2) is 5.53. The number of hydrogen-bond acceptors (Lipinski definition) is 2. The molecule has 0 aliphatic carbocycles. The van der Waals surface area contributed by atoms with Gasteiger partial charge in [-0.25, -0.2) is 0 Å². The van der Waals surface area contributed by atoms with Gasteiger partial charge in [-0.1, -0.05) is 39.7 Å². The number of aliphatic hydroxyl groups is 1. The van der Waals surface area contributed by atoms with Crippen LogP contribution in [0.3, 0.4) is 0 Å². The van der Waals surface area contributed by atoms with E-state index < -0.39 is 6.10 Å². The van der Waals surface area contributed by atoms with Crippen molar-refractivity contribution in [1.82, 2.24) is 0 Å². The number of aryl methyl sites for hydroxylation is 1. The normalized spacial score (nSPS) is 12.7. The Morgan fingerprint density at radius 2 is 2.12 bits per heavy atom. The molecule has 1 nitrogen and oxygen atoms in total. The van der Waals surface area contributed by atoms with Crippen molar-refractivity contribution in [2.24, 2.45) is 0 Å². The molecule has 0 radical (unpaired) electrons. The fourth-order valence-electron chi connectivity index (χ4n) is 1.65. The van der Waals surface area contributed by atoms with Crippen molar-refractivity contribution in [3.63, 3.8) is 0 Å². The predicted molar refractivity (Wildman–Crippen MR) is 76.9 cm³/mol. The van der Waals surface area contributed by atoms with Crippen LogP contribution in [0.15, 0.2) is 34.8 Å². The molecule has 2 rings (SSSR count). The van der Waals surface area contributed by atoms with Gasteiger partial charge in [-0.05, 0) is 36.2 Å². The molecule has 0 aliphatic rings. The monoisotopic (exact) mass is 330 g/mol. The lowest BCUT2D eigenvalue weighted by Gasteiger charge is -2.11. The molecule has 0 fully saturated rings. The van der Waals surface area contributed by atoms with Crippen molar-refractivity contribution in [3.05, 3.63) is 55.1 Å². The summed E-state index contributed by atoms with van der Waals surface area (Å²) in [6.07, 6.45) is 0.134. The molecule has 4 heteroatoms. The smallest absolute Gasteiger partial charge is 0.0931 e. The summed E-state index contributed by atoms with van der Waals surface area (Å²) in [5.74, 6) is 0. The first kappa shape index (κ1) is 13.1. The maximum Gasteiger partial charge on any atom is 0.0931 e. The molecular weight excluding hydrogens is 320 g/mol. The maximum absolute atomic E-state index is 10.1. The van der Waals surface area contributed by atoms with Crippen LogP contribution in [0.2, 0.25) is 4.34 Å². The largest absolute Gasteiger partial charge is 0.388 e. The molecule has 1 N–H and O–H groups in total. The Balaban J connectivity index is 2.14. The van der Waals surface area contributed by atoms with Gasteiger partial charge in [0.15, 0.2) is 0 Å². The first-order chi connectivity index (χ1) is 8.06. The maximum atomic E-state index is 10.1. The van der Waals surface area contributed by atoms with Gasteiger partial charge in [-0.15, -0.1) is 11.3 Å². The van der Waals surface area contributed by atoms with Crippen LogP contribution in [0.25, 0.3) is 0 Å². The van der Waals surface area contributed by atoms with Gasteiger partial charge in [0.25, 0.3) is 0 Å². The Kier molecular flexibility index (Phi) is 4.26. The van der Waals surface area contributed by atoms with Crippen LogP contribution < -0.4 is 0 Å². The molecule has 0 bridgehead atoms. The summed E-state index contributed by atoms with van der Waals surface area (Å²) in [5.41, 5.74) is 2.07. The highest BCUT2D eigenvalue weighted by Crippen LogP contribution is 2.28. The number of aliphatic hydroxyl groups excluding tert-OH is 1. The van der Waals surface area contributed by atoms with E-state index in [9.17, 15) is 5.11 Å². The molecule has 1 aromatic carbocycles. The summed E-state index contributed by atoms with van der Waals surface area (Å²) in [5, 5.41) is 10.1. The topological polar surface area (TPSA) is 20.2 Å². The lowest BCUT2D eigenvalue weighted by atomic mass is 10.0. The Hall–Kier alpha value is -0.350. The average molecular weight is 332 g/mol. The minimum absolute atomic E-state index is 0.475. The van der Waals surface area contributed by atoms with Crippen molar-refractivity contribution in [2.45, 2.75) is 19.4 Å². The molecule has 17 heavy (non-hydrogen) atoms. The van der Waals surface area contributed by atoms with Gasteiger partial charge in [0.05, 0.1) is 10.4 Å².